The van der Waals surface area contributed by atoms with Crippen LogP contribution in [-0.2, 0) is 0 Å². The molecule has 3 rings (SSSR count). The maximum Gasteiger partial charge on any atom is 0.125 e. The van der Waals surface area contributed by atoms with Gasteiger partial charge in [-0.25, -0.2) is 0 Å². The first kappa shape index (κ1) is 13.1. The molecule has 4 heteroatoms. The summed E-state index contributed by atoms with van der Waals surface area (Å²) in [5, 5.41) is 0.502. The fourth-order valence-electron chi connectivity index (χ4n) is 3.17. The van der Waals surface area contributed by atoms with Gasteiger partial charge in [0.05, 0.1) is 7.11 Å². The van der Waals surface area contributed by atoms with Gasteiger partial charge in [0.15, 0.2) is 0 Å². The minimum Gasteiger partial charge on any atom is -0.497 e. The van der Waals surface area contributed by atoms with Crippen molar-refractivity contribution in [1.29, 1.82) is 0 Å². The standard InChI is InChI=1S/C15H21NO2S/c1-10-15(6-3-7-19-10)9-13(16)12-8-11(17-2)4-5-14(12)18-15/h4-5,8,10,13H,3,6-7,9,16H2,1-2H3. The van der Waals surface area contributed by atoms with Gasteiger partial charge in [-0.2, -0.15) is 11.8 Å². The summed E-state index contributed by atoms with van der Waals surface area (Å²) in [5.41, 5.74) is 7.39. The molecule has 2 aliphatic rings. The molecule has 2 N–H and O–H groups in total. The lowest BCUT2D eigenvalue weighted by Gasteiger charge is -2.47. The highest BCUT2D eigenvalue weighted by Gasteiger charge is 2.45. The lowest BCUT2D eigenvalue weighted by molar-refractivity contribution is 0.0254. The summed E-state index contributed by atoms with van der Waals surface area (Å²) in [4.78, 5) is 0. The molecule has 1 fully saturated rings. The summed E-state index contributed by atoms with van der Waals surface area (Å²) >= 11 is 2.00. The average molecular weight is 279 g/mol. The highest BCUT2D eigenvalue weighted by molar-refractivity contribution is 8.00. The van der Waals surface area contributed by atoms with Crippen molar-refractivity contribution in [3.8, 4) is 11.5 Å². The summed E-state index contributed by atoms with van der Waals surface area (Å²) in [5.74, 6) is 3.02. The first-order valence-electron chi connectivity index (χ1n) is 6.89. The van der Waals surface area contributed by atoms with Gasteiger partial charge >= 0.3 is 0 Å². The Hall–Kier alpha value is -0.870. The van der Waals surface area contributed by atoms with E-state index in [0.29, 0.717) is 5.25 Å². The first-order valence-corrected chi connectivity index (χ1v) is 7.94. The average Bonchev–Trinajstić information content (AvgIpc) is 2.42. The predicted octanol–water partition coefficient (Wildman–Crippen LogP) is 3.13. The van der Waals surface area contributed by atoms with Crippen LogP contribution >= 0.6 is 11.8 Å². The molecule has 0 aliphatic carbocycles. The molecule has 3 unspecified atom stereocenters. The molecule has 19 heavy (non-hydrogen) atoms. The number of methoxy groups -OCH3 is 1. The topological polar surface area (TPSA) is 44.5 Å². The molecule has 1 spiro atoms. The molecule has 3 atom stereocenters. The zero-order valence-electron chi connectivity index (χ0n) is 11.5. The molecule has 0 aromatic heterocycles. The van der Waals surface area contributed by atoms with Gasteiger partial charge in [-0.1, -0.05) is 0 Å². The fraction of sp³-hybridized carbons (Fsp3) is 0.600. The molecule has 0 bridgehead atoms. The number of thioether (sulfide) groups is 1. The molecule has 3 nitrogen and oxygen atoms in total. The van der Waals surface area contributed by atoms with Crippen LogP contribution in [0.15, 0.2) is 18.2 Å². The van der Waals surface area contributed by atoms with Gasteiger partial charge in [-0.05, 0) is 43.7 Å². The number of hydrogen-bond donors (Lipinski definition) is 1. The van der Waals surface area contributed by atoms with E-state index in [1.807, 2.05) is 30.0 Å². The molecule has 0 amide bonds. The van der Waals surface area contributed by atoms with E-state index in [1.54, 1.807) is 7.11 Å². The highest BCUT2D eigenvalue weighted by atomic mass is 32.2. The third kappa shape index (κ3) is 2.21. The van der Waals surface area contributed by atoms with Crippen molar-refractivity contribution in [1.82, 2.24) is 0 Å². The van der Waals surface area contributed by atoms with Crippen LogP contribution in [0.1, 0.15) is 37.8 Å². The largest absolute Gasteiger partial charge is 0.497 e. The molecule has 0 radical (unpaired) electrons. The maximum absolute atomic E-state index is 6.39. The van der Waals surface area contributed by atoms with Gasteiger partial charge in [-0.15, -0.1) is 0 Å². The van der Waals surface area contributed by atoms with Crippen molar-refractivity contribution < 1.29 is 9.47 Å². The van der Waals surface area contributed by atoms with E-state index in [-0.39, 0.29) is 11.6 Å². The van der Waals surface area contributed by atoms with Crippen LogP contribution in [0.5, 0.6) is 11.5 Å². The Morgan fingerprint density at radius 3 is 3.05 bits per heavy atom. The monoisotopic (exact) mass is 279 g/mol. The Balaban J connectivity index is 1.95. The third-order valence-electron chi connectivity index (χ3n) is 4.35. The van der Waals surface area contributed by atoms with Crippen molar-refractivity contribution >= 4 is 11.8 Å². The Morgan fingerprint density at radius 1 is 1.47 bits per heavy atom. The van der Waals surface area contributed by atoms with Crippen LogP contribution in [0, 0.1) is 0 Å². The Morgan fingerprint density at radius 2 is 2.32 bits per heavy atom. The van der Waals surface area contributed by atoms with E-state index < -0.39 is 0 Å². The maximum atomic E-state index is 6.39. The van der Waals surface area contributed by atoms with Crippen LogP contribution < -0.4 is 15.2 Å². The number of fused-ring (bicyclic) bond motifs is 1. The van der Waals surface area contributed by atoms with Crippen molar-refractivity contribution in [2.45, 2.75) is 43.1 Å². The van der Waals surface area contributed by atoms with Gasteiger partial charge in [-0.3, -0.25) is 0 Å². The van der Waals surface area contributed by atoms with Crippen LogP contribution in [0.25, 0.3) is 0 Å². The van der Waals surface area contributed by atoms with E-state index in [1.165, 1.54) is 12.2 Å². The smallest absolute Gasteiger partial charge is 0.125 e. The summed E-state index contributed by atoms with van der Waals surface area (Å²) in [6.07, 6.45) is 3.23. The van der Waals surface area contributed by atoms with E-state index in [0.717, 1.165) is 29.9 Å². The van der Waals surface area contributed by atoms with Crippen LogP contribution in [-0.4, -0.2) is 23.7 Å². The second-order valence-corrected chi connectivity index (χ2v) is 6.95. The lowest BCUT2D eigenvalue weighted by atomic mass is 9.82. The normalized spacial score (nSPS) is 33.6. The quantitative estimate of drug-likeness (QED) is 0.858. The zero-order valence-corrected chi connectivity index (χ0v) is 12.3. The third-order valence-corrected chi connectivity index (χ3v) is 5.80. The summed E-state index contributed by atoms with van der Waals surface area (Å²) < 4.78 is 11.7. The molecular formula is C15H21NO2S. The van der Waals surface area contributed by atoms with Gasteiger partial charge in [0.2, 0.25) is 0 Å². The number of benzene rings is 1. The van der Waals surface area contributed by atoms with Gasteiger partial charge in [0.25, 0.3) is 0 Å². The van der Waals surface area contributed by atoms with E-state index in [4.69, 9.17) is 15.2 Å². The number of ether oxygens (including phenoxy) is 2. The van der Waals surface area contributed by atoms with Crippen molar-refractivity contribution in [3.63, 3.8) is 0 Å². The summed E-state index contributed by atoms with van der Waals surface area (Å²) in [7, 11) is 1.68. The zero-order chi connectivity index (χ0) is 13.5. The predicted molar refractivity (Wildman–Crippen MR) is 79.1 cm³/mol. The van der Waals surface area contributed by atoms with Crippen molar-refractivity contribution in [3.05, 3.63) is 23.8 Å². The molecule has 1 aromatic carbocycles. The molecule has 2 aliphatic heterocycles. The lowest BCUT2D eigenvalue weighted by Crippen LogP contribution is -2.51. The van der Waals surface area contributed by atoms with E-state index in [9.17, 15) is 0 Å². The molecule has 104 valence electrons. The minimum atomic E-state index is -0.0794. The Labute approximate surface area is 118 Å². The van der Waals surface area contributed by atoms with Gasteiger partial charge in [0.1, 0.15) is 17.1 Å². The van der Waals surface area contributed by atoms with E-state index in [2.05, 4.69) is 6.92 Å². The number of rotatable bonds is 1. The molecule has 0 saturated carbocycles. The van der Waals surface area contributed by atoms with Crippen LogP contribution in [0.2, 0.25) is 0 Å². The highest BCUT2D eigenvalue weighted by Crippen LogP contribution is 2.48. The molecule has 1 saturated heterocycles. The molecule has 1 aromatic rings. The van der Waals surface area contributed by atoms with Gasteiger partial charge < -0.3 is 15.2 Å². The van der Waals surface area contributed by atoms with Crippen LogP contribution in [0.3, 0.4) is 0 Å². The summed E-state index contributed by atoms with van der Waals surface area (Å²) in [6, 6.07) is 6.00. The molecule has 2 heterocycles. The number of nitrogens with two attached hydrogens (primary N) is 1. The minimum absolute atomic E-state index is 0.0417. The van der Waals surface area contributed by atoms with Crippen molar-refractivity contribution in [2.24, 2.45) is 5.73 Å². The first-order chi connectivity index (χ1) is 9.14. The summed E-state index contributed by atoms with van der Waals surface area (Å²) in [6.45, 7) is 2.27. The second-order valence-electron chi connectivity index (χ2n) is 5.50. The molecular weight excluding hydrogens is 258 g/mol. The second kappa shape index (κ2) is 4.91. The number of hydrogen-bond acceptors (Lipinski definition) is 4. The Kier molecular flexibility index (Phi) is 3.39. The fourth-order valence-corrected chi connectivity index (χ4v) is 4.40. The Bertz CT molecular complexity index is 479. The SMILES string of the molecule is COc1ccc2c(c1)C(N)CC1(CCCSC1C)O2. The van der Waals surface area contributed by atoms with Crippen molar-refractivity contribution in [2.75, 3.05) is 12.9 Å². The van der Waals surface area contributed by atoms with Gasteiger partial charge in [0, 0.05) is 23.3 Å². The van der Waals surface area contributed by atoms with Crippen LogP contribution in [0.4, 0.5) is 0 Å². The van der Waals surface area contributed by atoms with E-state index >= 15 is 0 Å².